The fourth-order valence-electron chi connectivity index (χ4n) is 3.35. The van der Waals surface area contributed by atoms with Crippen LogP contribution in [0.4, 0.5) is 0 Å². The van der Waals surface area contributed by atoms with Gasteiger partial charge in [0, 0.05) is 38.1 Å². The number of aliphatic hydroxyl groups excluding tert-OH is 1. The highest BCUT2D eigenvalue weighted by atomic mass is 16.3. The highest BCUT2D eigenvalue weighted by Gasteiger charge is 2.28. The number of hydrogen-bond acceptors (Lipinski definition) is 4. The number of aromatic amines is 1. The SMILES string of the molecule is O[C@H]1CCCN(C2CCN(Cc3ncc[nH]3)CC2)C1. The van der Waals surface area contributed by atoms with Gasteiger partial charge in [0.25, 0.3) is 0 Å². The van der Waals surface area contributed by atoms with Crippen LogP contribution in [0, 0.1) is 0 Å². The number of likely N-dealkylation sites (tertiary alicyclic amines) is 2. The molecule has 2 N–H and O–H groups in total. The molecule has 3 rings (SSSR count). The molecule has 0 aromatic carbocycles. The van der Waals surface area contributed by atoms with Gasteiger partial charge >= 0.3 is 0 Å². The maximum absolute atomic E-state index is 9.77. The number of piperidine rings is 2. The first-order valence-electron chi connectivity index (χ1n) is 7.44. The summed E-state index contributed by atoms with van der Waals surface area (Å²) in [5, 5.41) is 9.77. The molecular formula is C14H24N4O. The second kappa shape index (κ2) is 6.03. The lowest BCUT2D eigenvalue weighted by Crippen LogP contribution is -2.49. The van der Waals surface area contributed by atoms with Gasteiger partial charge in [0.15, 0.2) is 0 Å². The van der Waals surface area contributed by atoms with Gasteiger partial charge < -0.3 is 10.1 Å². The first-order chi connectivity index (χ1) is 9.31. The summed E-state index contributed by atoms with van der Waals surface area (Å²) in [6.07, 6.45) is 8.16. The molecule has 0 bridgehead atoms. The Morgan fingerprint density at radius 1 is 1.26 bits per heavy atom. The maximum Gasteiger partial charge on any atom is 0.120 e. The summed E-state index contributed by atoms with van der Waals surface area (Å²) in [6.45, 7) is 5.25. The van der Waals surface area contributed by atoms with Gasteiger partial charge in [-0.2, -0.15) is 0 Å². The summed E-state index contributed by atoms with van der Waals surface area (Å²) in [5.41, 5.74) is 0. The van der Waals surface area contributed by atoms with Crippen LogP contribution in [0.5, 0.6) is 0 Å². The molecule has 106 valence electrons. The van der Waals surface area contributed by atoms with E-state index in [1.807, 2.05) is 12.4 Å². The van der Waals surface area contributed by atoms with Crippen molar-refractivity contribution in [2.45, 2.75) is 44.4 Å². The lowest BCUT2D eigenvalue weighted by atomic mass is 9.99. The zero-order valence-corrected chi connectivity index (χ0v) is 11.5. The monoisotopic (exact) mass is 264 g/mol. The smallest absolute Gasteiger partial charge is 0.120 e. The van der Waals surface area contributed by atoms with E-state index in [-0.39, 0.29) is 6.10 Å². The van der Waals surface area contributed by atoms with Crippen molar-refractivity contribution in [3.05, 3.63) is 18.2 Å². The summed E-state index contributed by atoms with van der Waals surface area (Å²) < 4.78 is 0. The topological polar surface area (TPSA) is 55.4 Å². The molecule has 2 aliphatic rings. The van der Waals surface area contributed by atoms with Crippen molar-refractivity contribution in [1.29, 1.82) is 0 Å². The van der Waals surface area contributed by atoms with Gasteiger partial charge in [-0.15, -0.1) is 0 Å². The predicted molar refractivity (Wildman–Crippen MR) is 73.7 cm³/mol. The molecule has 3 heterocycles. The third kappa shape index (κ3) is 3.35. The third-order valence-corrected chi connectivity index (χ3v) is 4.43. The van der Waals surface area contributed by atoms with Gasteiger partial charge in [0.05, 0.1) is 12.6 Å². The van der Waals surface area contributed by atoms with Crippen molar-refractivity contribution < 1.29 is 5.11 Å². The molecule has 19 heavy (non-hydrogen) atoms. The molecule has 0 radical (unpaired) electrons. The van der Waals surface area contributed by atoms with Crippen LogP contribution in [0.2, 0.25) is 0 Å². The molecule has 5 nitrogen and oxygen atoms in total. The van der Waals surface area contributed by atoms with Crippen molar-refractivity contribution in [3.63, 3.8) is 0 Å². The number of hydrogen-bond donors (Lipinski definition) is 2. The lowest BCUT2D eigenvalue weighted by molar-refractivity contribution is 0.0241. The van der Waals surface area contributed by atoms with E-state index in [1.165, 1.54) is 19.4 Å². The maximum atomic E-state index is 9.77. The van der Waals surface area contributed by atoms with Crippen LogP contribution < -0.4 is 0 Å². The number of β-amino-alcohol motifs (C(OH)–C–C–N with tert-alkyl or cyclic N) is 1. The molecule has 0 unspecified atom stereocenters. The largest absolute Gasteiger partial charge is 0.392 e. The summed E-state index contributed by atoms with van der Waals surface area (Å²) in [6, 6.07) is 0.669. The average molecular weight is 264 g/mol. The number of imidazole rings is 1. The normalized spacial score (nSPS) is 27.7. The molecule has 2 saturated heterocycles. The van der Waals surface area contributed by atoms with E-state index < -0.39 is 0 Å². The first-order valence-corrected chi connectivity index (χ1v) is 7.44. The van der Waals surface area contributed by atoms with Crippen LogP contribution in [0.25, 0.3) is 0 Å². The Kier molecular flexibility index (Phi) is 4.15. The van der Waals surface area contributed by atoms with Crippen molar-refractivity contribution in [2.24, 2.45) is 0 Å². The second-order valence-corrected chi connectivity index (χ2v) is 5.83. The Hall–Kier alpha value is -0.910. The number of H-pyrrole nitrogens is 1. The van der Waals surface area contributed by atoms with Gasteiger partial charge in [-0.25, -0.2) is 4.98 Å². The predicted octanol–water partition coefficient (Wildman–Crippen LogP) is 0.831. The van der Waals surface area contributed by atoms with Crippen LogP contribution in [-0.2, 0) is 6.54 Å². The van der Waals surface area contributed by atoms with Gasteiger partial charge in [-0.1, -0.05) is 0 Å². The van der Waals surface area contributed by atoms with E-state index in [0.29, 0.717) is 6.04 Å². The minimum absolute atomic E-state index is 0.102. The molecule has 1 atom stereocenters. The van der Waals surface area contributed by atoms with Crippen LogP contribution >= 0.6 is 0 Å². The summed E-state index contributed by atoms with van der Waals surface area (Å²) in [5.74, 6) is 1.06. The minimum Gasteiger partial charge on any atom is -0.392 e. The van der Waals surface area contributed by atoms with Crippen molar-refractivity contribution in [1.82, 2.24) is 19.8 Å². The van der Waals surface area contributed by atoms with E-state index in [1.54, 1.807) is 0 Å². The third-order valence-electron chi connectivity index (χ3n) is 4.43. The molecule has 0 saturated carbocycles. The Morgan fingerprint density at radius 3 is 2.79 bits per heavy atom. The molecule has 0 aliphatic carbocycles. The highest BCUT2D eigenvalue weighted by Crippen LogP contribution is 2.21. The van der Waals surface area contributed by atoms with Crippen LogP contribution in [-0.4, -0.2) is 63.2 Å². The Morgan fingerprint density at radius 2 is 2.11 bits per heavy atom. The molecule has 2 fully saturated rings. The number of aromatic nitrogens is 2. The summed E-state index contributed by atoms with van der Waals surface area (Å²) in [7, 11) is 0. The Balaban J connectivity index is 1.46. The van der Waals surface area contributed by atoms with Crippen molar-refractivity contribution in [2.75, 3.05) is 26.2 Å². The molecule has 0 amide bonds. The standard InChI is InChI=1S/C14H24N4O/c19-13-2-1-7-18(10-13)12-3-8-17(9-4-12)11-14-15-5-6-16-14/h5-6,12-13,19H,1-4,7-11H2,(H,15,16)/t13-/m0/s1. The summed E-state index contributed by atoms with van der Waals surface area (Å²) in [4.78, 5) is 12.4. The molecular weight excluding hydrogens is 240 g/mol. The van der Waals surface area contributed by atoms with E-state index in [9.17, 15) is 5.11 Å². The van der Waals surface area contributed by atoms with E-state index in [2.05, 4.69) is 19.8 Å². The summed E-state index contributed by atoms with van der Waals surface area (Å²) >= 11 is 0. The second-order valence-electron chi connectivity index (χ2n) is 5.83. The molecule has 1 aromatic heterocycles. The van der Waals surface area contributed by atoms with Crippen LogP contribution in [0.3, 0.4) is 0 Å². The number of nitrogens with zero attached hydrogens (tertiary/aromatic N) is 3. The quantitative estimate of drug-likeness (QED) is 0.849. The zero-order chi connectivity index (χ0) is 13.1. The first kappa shape index (κ1) is 13.1. The van der Waals surface area contributed by atoms with Gasteiger partial charge in [-0.3, -0.25) is 9.80 Å². The van der Waals surface area contributed by atoms with E-state index >= 15 is 0 Å². The van der Waals surface area contributed by atoms with Gasteiger partial charge in [-0.05, 0) is 32.2 Å². The molecule has 0 spiro atoms. The van der Waals surface area contributed by atoms with Crippen LogP contribution in [0.1, 0.15) is 31.5 Å². The lowest BCUT2D eigenvalue weighted by Gasteiger charge is -2.41. The molecule has 2 aliphatic heterocycles. The van der Waals surface area contributed by atoms with Gasteiger partial charge in [0.1, 0.15) is 5.82 Å². The number of aliphatic hydroxyl groups is 1. The fraction of sp³-hybridized carbons (Fsp3) is 0.786. The van der Waals surface area contributed by atoms with Crippen LogP contribution in [0.15, 0.2) is 12.4 Å². The highest BCUT2D eigenvalue weighted by molar-refractivity contribution is 4.89. The number of rotatable bonds is 3. The van der Waals surface area contributed by atoms with Crippen molar-refractivity contribution in [3.8, 4) is 0 Å². The van der Waals surface area contributed by atoms with E-state index in [4.69, 9.17) is 0 Å². The minimum atomic E-state index is -0.102. The van der Waals surface area contributed by atoms with E-state index in [0.717, 1.165) is 44.8 Å². The van der Waals surface area contributed by atoms with Crippen molar-refractivity contribution >= 4 is 0 Å². The average Bonchev–Trinajstić information content (AvgIpc) is 2.92. The molecule has 1 aromatic rings. The Bertz CT molecular complexity index is 373. The fourth-order valence-corrected chi connectivity index (χ4v) is 3.35. The number of nitrogens with one attached hydrogen (secondary N) is 1. The zero-order valence-electron chi connectivity index (χ0n) is 11.5. The van der Waals surface area contributed by atoms with Gasteiger partial charge in [0.2, 0.25) is 0 Å². The molecule has 5 heteroatoms. The Labute approximate surface area is 114 Å².